The summed E-state index contributed by atoms with van der Waals surface area (Å²) in [6.07, 6.45) is 3.58. The zero-order valence-electron chi connectivity index (χ0n) is 12.7. The van der Waals surface area contributed by atoms with E-state index in [0.29, 0.717) is 6.61 Å². The number of carbonyl (C=O) groups is 1. The molecule has 114 valence electrons. The highest BCUT2D eigenvalue weighted by molar-refractivity contribution is 5.85. The van der Waals surface area contributed by atoms with Gasteiger partial charge in [0.15, 0.2) is 0 Å². The van der Waals surface area contributed by atoms with E-state index < -0.39 is 0 Å². The second kappa shape index (κ2) is 6.48. The molecule has 2 aliphatic rings. The van der Waals surface area contributed by atoms with Gasteiger partial charge in [0, 0.05) is 19.2 Å². The van der Waals surface area contributed by atoms with Gasteiger partial charge in [0.05, 0.1) is 0 Å². The van der Waals surface area contributed by atoms with E-state index in [1.54, 1.807) is 0 Å². The summed E-state index contributed by atoms with van der Waals surface area (Å²) in [7, 11) is 1.92. The van der Waals surface area contributed by atoms with Crippen molar-refractivity contribution in [3.63, 3.8) is 0 Å². The maximum absolute atomic E-state index is 12.6. The number of hydrogen-bond acceptors (Lipinski definition) is 3. The van der Waals surface area contributed by atoms with Crippen LogP contribution in [0.1, 0.15) is 30.7 Å². The van der Waals surface area contributed by atoms with Crippen LogP contribution < -0.4 is 10.1 Å². The minimum atomic E-state index is -0.126. The molecule has 0 bridgehead atoms. The van der Waals surface area contributed by atoms with Crippen LogP contribution in [0.3, 0.4) is 0 Å². The van der Waals surface area contributed by atoms with Gasteiger partial charge >= 0.3 is 0 Å². The first-order valence-corrected chi connectivity index (χ1v) is 7.93. The summed E-state index contributed by atoms with van der Waals surface area (Å²) in [6, 6.07) is 7.87. The van der Waals surface area contributed by atoms with Crippen LogP contribution in [0.4, 0.5) is 0 Å². The van der Waals surface area contributed by atoms with Crippen molar-refractivity contribution in [2.24, 2.45) is 5.92 Å². The number of hydrogen-bond donors (Lipinski definition) is 1. The third kappa shape index (κ3) is 3.21. The molecule has 0 radical (unpaired) electrons. The van der Waals surface area contributed by atoms with Gasteiger partial charge in [-0.1, -0.05) is 18.2 Å². The van der Waals surface area contributed by atoms with Crippen molar-refractivity contribution in [3.8, 4) is 5.75 Å². The minimum absolute atomic E-state index is 0.126. The van der Waals surface area contributed by atoms with Gasteiger partial charge in [-0.15, -0.1) is 0 Å². The summed E-state index contributed by atoms with van der Waals surface area (Å²) in [6.45, 7) is 3.57. The highest BCUT2D eigenvalue weighted by atomic mass is 16.5. The van der Waals surface area contributed by atoms with E-state index in [-0.39, 0.29) is 11.8 Å². The van der Waals surface area contributed by atoms with Gasteiger partial charge in [-0.05, 0) is 44.3 Å². The standard InChI is InChI=1S/C17H24N2O2/c1-19(11-8-13-6-9-18-10-7-13)17(20)15-12-21-16-5-3-2-4-14(15)16/h2-5,13,15,18H,6-12H2,1H3. The maximum atomic E-state index is 12.6. The lowest BCUT2D eigenvalue weighted by Gasteiger charge is -2.26. The third-order valence-corrected chi connectivity index (χ3v) is 4.71. The molecular weight excluding hydrogens is 264 g/mol. The lowest BCUT2D eigenvalue weighted by atomic mass is 9.94. The highest BCUT2D eigenvalue weighted by Crippen LogP contribution is 2.34. The Kier molecular flexibility index (Phi) is 4.44. The lowest BCUT2D eigenvalue weighted by Crippen LogP contribution is -2.35. The van der Waals surface area contributed by atoms with Crippen LogP contribution in [-0.2, 0) is 4.79 Å². The second-order valence-electron chi connectivity index (χ2n) is 6.14. The van der Waals surface area contributed by atoms with E-state index in [4.69, 9.17) is 4.74 Å². The van der Waals surface area contributed by atoms with Crippen molar-refractivity contribution < 1.29 is 9.53 Å². The Labute approximate surface area is 126 Å². The monoisotopic (exact) mass is 288 g/mol. The summed E-state index contributed by atoms with van der Waals surface area (Å²) >= 11 is 0. The maximum Gasteiger partial charge on any atom is 0.233 e. The van der Waals surface area contributed by atoms with E-state index in [9.17, 15) is 4.79 Å². The topological polar surface area (TPSA) is 41.6 Å². The van der Waals surface area contributed by atoms with Gasteiger partial charge in [-0.2, -0.15) is 0 Å². The molecule has 1 N–H and O–H groups in total. The van der Waals surface area contributed by atoms with E-state index in [1.165, 1.54) is 12.8 Å². The number of benzene rings is 1. The van der Waals surface area contributed by atoms with Crippen LogP contribution in [0, 0.1) is 5.92 Å². The molecule has 1 amide bonds. The molecule has 0 aliphatic carbocycles. The van der Waals surface area contributed by atoms with Crippen LogP contribution in [0.5, 0.6) is 5.75 Å². The Hall–Kier alpha value is -1.55. The van der Waals surface area contributed by atoms with Gasteiger partial charge in [-0.3, -0.25) is 4.79 Å². The summed E-state index contributed by atoms with van der Waals surface area (Å²) < 4.78 is 5.62. The molecule has 4 nitrogen and oxygen atoms in total. The number of amides is 1. The van der Waals surface area contributed by atoms with Crippen molar-refractivity contribution in [3.05, 3.63) is 29.8 Å². The van der Waals surface area contributed by atoms with Crippen molar-refractivity contribution in [2.75, 3.05) is 33.3 Å². The fourth-order valence-corrected chi connectivity index (χ4v) is 3.29. The Bertz CT molecular complexity index is 497. The summed E-state index contributed by atoms with van der Waals surface area (Å²) in [5, 5.41) is 3.38. The number of carbonyl (C=O) groups excluding carboxylic acids is 1. The first-order chi connectivity index (χ1) is 10.3. The Morgan fingerprint density at radius 1 is 1.33 bits per heavy atom. The molecule has 0 aromatic heterocycles. The number of fused-ring (bicyclic) bond motifs is 1. The Balaban J connectivity index is 1.55. The highest BCUT2D eigenvalue weighted by Gasteiger charge is 2.32. The van der Waals surface area contributed by atoms with Gasteiger partial charge in [-0.25, -0.2) is 0 Å². The zero-order valence-corrected chi connectivity index (χ0v) is 12.7. The van der Waals surface area contributed by atoms with Gasteiger partial charge in [0.1, 0.15) is 18.3 Å². The molecule has 2 heterocycles. The molecule has 1 aromatic carbocycles. The number of ether oxygens (including phenoxy) is 1. The molecule has 3 rings (SSSR count). The molecule has 1 unspecified atom stereocenters. The number of para-hydroxylation sites is 1. The smallest absolute Gasteiger partial charge is 0.233 e. The summed E-state index contributed by atoms with van der Waals surface area (Å²) in [5.41, 5.74) is 1.04. The van der Waals surface area contributed by atoms with Gasteiger partial charge < -0.3 is 15.0 Å². The zero-order chi connectivity index (χ0) is 14.7. The average Bonchev–Trinajstić information content (AvgIpc) is 2.97. The Morgan fingerprint density at radius 3 is 2.90 bits per heavy atom. The van der Waals surface area contributed by atoms with Crippen molar-refractivity contribution >= 4 is 5.91 Å². The normalized spacial score (nSPS) is 21.7. The van der Waals surface area contributed by atoms with Gasteiger partial charge in [0.2, 0.25) is 5.91 Å². The number of piperidine rings is 1. The van der Waals surface area contributed by atoms with Crippen LogP contribution in [0.2, 0.25) is 0 Å². The van der Waals surface area contributed by atoms with Crippen molar-refractivity contribution in [1.29, 1.82) is 0 Å². The van der Waals surface area contributed by atoms with Crippen LogP contribution in [0.15, 0.2) is 24.3 Å². The van der Waals surface area contributed by atoms with E-state index in [0.717, 1.165) is 43.3 Å². The number of nitrogens with one attached hydrogen (secondary N) is 1. The van der Waals surface area contributed by atoms with Crippen molar-refractivity contribution in [2.45, 2.75) is 25.2 Å². The molecule has 0 spiro atoms. The quantitative estimate of drug-likeness (QED) is 0.921. The molecule has 2 aliphatic heterocycles. The second-order valence-corrected chi connectivity index (χ2v) is 6.14. The fourth-order valence-electron chi connectivity index (χ4n) is 3.29. The number of likely N-dealkylation sites (N-methyl/N-ethyl adjacent to an activating group) is 1. The fraction of sp³-hybridized carbons (Fsp3) is 0.588. The van der Waals surface area contributed by atoms with Crippen molar-refractivity contribution in [1.82, 2.24) is 10.2 Å². The van der Waals surface area contributed by atoms with Gasteiger partial charge in [0.25, 0.3) is 0 Å². The molecule has 1 saturated heterocycles. The predicted molar refractivity (Wildman–Crippen MR) is 82.5 cm³/mol. The summed E-state index contributed by atoms with van der Waals surface area (Å²) in [5.74, 6) is 1.68. The van der Waals surface area contributed by atoms with E-state index >= 15 is 0 Å². The molecule has 1 fully saturated rings. The molecular formula is C17H24N2O2. The molecule has 4 heteroatoms. The molecule has 21 heavy (non-hydrogen) atoms. The lowest BCUT2D eigenvalue weighted by molar-refractivity contribution is -0.131. The molecule has 0 saturated carbocycles. The average molecular weight is 288 g/mol. The SMILES string of the molecule is CN(CCC1CCNCC1)C(=O)C1COc2ccccc21. The van der Waals surface area contributed by atoms with E-state index in [2.05, 4.69) is 5.32 Å². The van der Waals surface area contributed by atoms with E-state index in [1.807, 2.05) is 36.2 Å². The number of nitrogens with zero attached hydrogens (tertiary/aromatic N) is 1. The minimum Gasteiger partial charge on any atom is -0.492 e. The first-order valence-electron chi connectivity index (χ1n) is 7.93. The first kappa shape index (κ1) is 14.4. The largest absolute Gasteiger partial charge is 0.492 e. The Morgan fingerprint density at radius 2 is 2.10 bits per heavy atom. The van der Waals surface area contributed by atoms with Crippen LogP contribution >= 0.6 is 0 Å². The molecule has 1 atom stereocenters. The third-order valence-electron chi connectivity index (χ3n) is 4.71. The summed E-state index contributed by atoms with van der Waals surface area (Å²) in [4.78, 5) is 14.5. The number of rotatable bonds is 4. The predicted octanol–water partition coefficient (Wildman–Crippen LogP) is 2.01. The van der Waals surface area contributed by atoms with Crippen LogP contribution in [-0.4, -0.2) is 44.1 Å². The molecule has 1 aromatic rings. The van der Waals surface area contributed by atoms with Crippen LogP contribution in [0.25, 0.3) is 0 Å².